The van der Waals surface area contributed by atoms with Crippen molar-refractivity contribution in [1.82, 2.24) is 0 Å². The summed E-state index contributed by atoms with van der Waals surface area (Å²) < 4.78 is 26.5. The van der Waals surface area contributed by atoms with Gasteiger partial charge in [0.05, 0.1) is 22.0 Å². The van der Waals surface area contributed by atoms with Gasteiger partial charge in [-0.05, 0) is 31.4 Å². The summed E-state index contributed by atoms with van der Waals surface area (Å²) in [6.45, 7) is 12.0. The molecule has 6 atom stereocenters. The van der Waals surface area contributed by atoms with Crippen molar-refractivity contribution >= 4 is 16.6 Å². The van der Waals surface area contributed by atoms with Gasteiger partial charge in [0.1, 0.15) is 17.5 Å². The molecule has 32 heavy (non-hydrogen) atoms. The predicted molar refractivity (Wildman–Crippen MR) is 126 cm³/mol. The summed E-state index contributed by atoms with van der Waals surface area (Å²) in [6, 6.07) is 19.2. The predicted octanol–water partition coefficient (Wildman–Crippen LogP) is 5.47. The number of ketones is 1. The lowest BCUT2D eigenvalue weighted by molar-refractivity contribution is -0.179. The van der Waals surface area contributed by atoms with Crippen LogP contribution in [0.15, 0.2) is 77.7 Å². The average molecular weight is 453 g/mol. The fourth-order valence-corrected chi connectivity index (χ4v) is 6.62. The number of benzene rings is 2. The van der Waals surface area contributed by atoms with E-state index in [1.807, 2.05) is 88.4 Å². The molecule has 170 valence electrons. The Hall–Kier alpha value is -2.08. The van der Waals surface area contributed by atoms with Crippen molar-refractivity contribution < 1.29 is 18.5 Å². The second-order valence-electron chi connectivity index (χ2n) is 9.63. The number of rotatable bonds is 5. The fourth-order valence-electron chi connectivity index (χ4n) is 5.34. The molecular weight excluding hydrogens is 420 g/mol. The van der Waals surface area contributed by atoms with Gasteiger partial charge in [0.25, 0.3) is 0 Å². The van der Waals surface area contributed by atoms with Crippen molar-refractivity contribution in [2.24, 2.45) is 17.3 Å². The van der Waals surface area contributed by atoms with Crippen molar-refractivity contribution in [3.05, 3.63) is 78.4 Å². The van der Waals surface area contributed by atoms with Crippen LogP contribution in [0.4, 0.5) is 0 Å². The Morgan fingerprint density at radius 2 is 1.69 bits per heavy atom. The third-order valence-corrected chi connectivity index (χ3v) is 8.76. The molecule has 1 spiro atoms. The highest BCUT2D eigenvalue weighted by Crippen LogP contribution is 2.57. The van der Waals surface area contributed by atoms with Crippen LogP contribution < -0.4 is 0 Å². The molecule has 1 aliphatic carbocycles. The topological polar surface area (TPSA) is 52.6 Å². The van der Waals surface area contributed by atoms with Crippen molar-refractivity contribution in [3.8, 4) is 0 Å². The van der Waals surface area contributed by atoms with E-state index in [0.717, 1.165) is 16.0 Å². The van der Waals surface area contributed by atoms with Gasteiger partial charge in [-0.1, -0.05) is 81.5 Å². The summed E-state index contributed by atoms with van der Waals surface area (Å²) >= 11 is 0. The molecule has 2 fully saturated rings. The van der Waals surface area contributed by atoms with Crippen LogP contribution in [0.1, 0.15) is 46.0 Å². The van der Waals surface area contributed by atoms with E-state index in [-0.39, 0.29) is 23.4 Å². The Labute approximate surface area is 193 Å². The van der Waals surface area contributed by atoms with Gasteiger partial charge in [-0.3, -0.25) is 9.00 Å². The van der Waals surface area contributed by atoms with E-state index in [1.165, 1.54) is 0 Å². The molecular formula is C27H32O4S. The minimum atomic E-state index is -1.29. The standard InChI is InChI=1S/C27H32O4S/c1-18(2)22-16-27(26(4,5)24(28)19(22)3)23(17-32(29)21-14-10-7-11-15-21)30-25(31-27)20-12-8-6-9-13-20/h6-15,19,22-23,25H,1,16-17H2,2-5H3/t19-,22-,23-,25+,27-,32?/m1/s1. The number of Topliss-reactive ketones (excluding diaryl/α,β-unsaturated/α-hetero) is 1. The fraction of sp³-hybridized carbons (Fsp3) is 0.444. The Balaban J connectivity index is 1.76. The maximum Gasteiger partial charge on any atom is 0.185 e. The van der Waals surface area contributed by atoms with Crippen LogP contribution in [0.5, 0.6) is 0 Å². The van der Waals surface area contributed by atoms with Crippen molar-refractivity contribution in [2.75, 3.05) is 5.75 Å². The molecule has 1 saturated heterocycles. The molecule has 0 amide bonds. The lowest BCUT2D eigenvalue weighted by atomic mass is 9.55. The van der Waals surface area contributed by atoms with Gasteiger partial charge >= 0.3 is 0 Å². The van der Waals surface area contributed by atoms with Crippen molar-refractivity contribution in [1.29, 1.82) is 0 Å². The molecule has 2 aromatic rings. The molecule has 1 aliphatic heterocycles. The molecule has 1 heterocycles. The first kappa shape index (κ1) is 23.1. The lowest BCUT2D eigenvalue weighted by Crippen LogP contribution is -2.63. The lowest BCUT2D eigenvalue weighted by Gasteiger charge is -2.52. The van der Waals surface area contributed by atoms with Gasteiger partial charge in [-0.15, -0.1) is 0 Å². The average Bonchev–Trinajstić information content (AvgIpc) is 3.16. The summed E-state index contributed by atoms with van der Waals surface area (Å²) in [4.78, 5) is 14.4. The van der Waals surface area contributed by atoms with Crippen molar-refractivity contribution in [2.45, 2.75) is 57.0 Å². The van der Waals surface area contributed by atoms with Gasteiger partial charge in [0.2, 0.25) is 0 Å². The highest BCUT2D eigenvalue weighted by Gasteiger charge is 2.66. The summed E-state index contributed by atoms with van der Waals surface area (Å²) in [5, 5.41) is 0. The third kappa shape index (κ3) is 3.81. The van der Waals surface area contributed by atoms with Gasteiger partial charge in [-0.25, -0.2) is 0 Å². The molecule has 4 nitrogen and oxygen atoms in total. The molecule has 0 N–H and O–H groups in total. The summed E-state index contributed by atoms with van der Waals surface area (Å²) in [5.74, 6) is 0.250. The molecule has 0 bridgehead atoms. The van der Waals surface area contributed by atoms with Gasteiger partial charge in [0.15, 0.2) is 6.29 Å². The minimum Gasteiger partial charge on any atom is -0.341 e. The van der Waals surface area contributed by atoms with E-state index >= 15 is 0 Å². The minimum absolute atomic E-state index is 0.0127. The zero-order chi connectivity index (χ0) is 23.1. The first-order valence-electron chi connectivity index (χ1n) is 11.2. The summed E-state index contributed by atoms with van der Waals surface area (Å²) in [6.07, 6.45) is -0.496. The quantitative estimate of drug-likeness (QED) is 0.564. The monoisotopic (exact) mass is 452 g/mol. The van der Waals surface area contributed by atoms with Crippen molar-refractivity contribution in [3.63, 3.8) is 0 Å². The number of hydrogen-bond acceptors (Lipinski definition) is 4. The normalized spacial score (nSPS) is 32.7. The number of hydrogen-bond donors (Lipinski definition) is 0. The maximum atomic E-state index is 13.6. The molecule has 2 aliphatic rings. The van der Waals surface area contributed by atoms with E-state index < -0.39 is 34.2 Å². The van der Waals surface area contributed by atoms with E-state index in [1.54, 1.807) is 0 Å². The largest absolute Gasteiger partial charge is 0.341 e. The number of carbonyl (C=O) groups excluding carboxylic acids is 1. The van der Waals surface area contributed by atoms with E-state index in [2.05, 4.69) is 6.58 Å². The Bertz CT molecular complexity index is 1020. The second kappa shape index (κ2) is 8.69. The molecule has 5 heteroatoms. The zero-order valence-electron chi connectivity index (χ0n) is 19.2. The van der Waals surface area contributed by atoms with E-state index in [9.17, 15) is 9.00 Å². The molecule has 2 aromatic carbocycles. The van der Waals surface area contributed by atoms with Crippen LogP contribution in [0.3, 0.4) is 0 Å². The molecule has 4 rings (SSSR count). The molecule has 0 radical (unpaired) electrons. The van der Waals surface area contributed by atoms with Gasteiger partial charge < -0.3 is 9.47 Å². The van der Waals surface area contributed by atoms with E-state index in [0.29, 0.717) is 6.42 Å². The molecule has 1 saturated carbocycles. The number of ether oxygens (including phenoxy) is 2. The van der Waals surface area contributed by atoms with Gasteiger partial charge in [0, 0.05) is 16.4 Å². The number of allylic oxidation sites excluding steroid dienone is 1. The SMILES string of the molecule is C=C(C)[C@H]1C[C@]2(O[C@@H](c3ccccc3)O[C@@H]2CS(=O)c2ccccc2)C(C)(C)C(=O)[C@@H]1C. The first-order chi connectivity index (χ1) is 15.2. The summed E-state index contributed by atoms with van der Waals surface area (Å²) in [7, 11) is -1.29. The van der Waals surface area contributed by atoms with Crippen LogP contribution in [-0.2, 0) is 25.1 Å². The zero-order valence-corrected chi connectivity index (χ0v) is 20.1. The Morgan fingerprint density at radius 1 is 1.09 bits per heavy atom. The van der Waals surface area contributed by atoms with Crippen LogP contribution in [0.2, 0.25) is 0 Å². The highest BCUT2D eigenvalue weighted by atomic mass is 32.2. The van der Waals surface area contributed by atoms with Crippen LogP contribution >= 0.6 is 0 Å². The molecule has 0 aromatic heterocycles. The highest BCUT2D eigenvalue weighted by molar-refractivity contribution is 7.85. The second-order valence-corrected chi connectivity index (χ2v) is 11.1. The number of carbonyl (C=O) groups is 1. The van der Waals surface area contributed by atoms with Crippen LogP contribution in [0, 0.1) is 17.3 Å². The smallest absolute Gasteiger partial charge is 0.185 e. The first-order valence-corrected chi connectivity index (χ1v) is 12.5. The van der Waals surface area contributed by atoms with Gasteiger partial charge in [-0.2, -0.15) is 0 Å². The Morgan fingerprint density at radius 3 is 2.28 bits per heavy atom. The molecule has 1 unspecified atom stereocenters. The van der Waals surface area contributed by atoms with E-state index in [4.69, 9.17) is 9.47 Å². The van der Waals surface area contributed by atoms with Crippen LogP contribution in [0.25, 0.3) is 0 Å². The Kier molecular flexibility index (Phi) is 6.27. The van der Waals surface area contributed by atoms with Crippen LogP contribution in [-0.4, -0.2) is 27.5 Å². The summed E-state index contributed by atoms with van der Waals surface area (Å²) in [5.41, 5.74) is 0.169. The maximum absolute atomic E-state index is 13.6. The third-order valence-electron chi connectivity index (χ3n) is 7.35.